The Hall–Kier alpha value is -3.90. The standard InChI is InChI=1S/C24H18ClN3O3/c25-21-13-12-20(15-22(21)28(30)31)27-24(29)23(17-7-2-1-3-8-17)26-19-11-10-16-6-4-5-9-18(16)14-19/h1-15,23,26H,(H,27,29)/t23-/m1/s1. The molecule has 0 saturated carbocycles. The summed E-state index contributed by atoms with van der Waals surface area (Å²) < 4.78 is 0. The van der Waals surface area contributed by atoms with Crippen LogP contribution < -0.4 is 10.6 Å². The SMILES string of the molecule is O=C(Nc1ccc(Cl)c([N+](=O)[O-])c1)[C@H](Nc1ccc2ccccc2c1)c1ccccc1. The minimum atomic E-state index is -0.711. The van der Waals surface area contributed by atoms with Gasteiger partial charge in [-0.15, -0.1) is 0 Å². The van der Waals surface area contributed by atoms with Gasteiger partial charge in [-0.2, -0.15) is 0 Å². The Bertz CT molecular complexity index is 1260. The highest BCUT2D eigenvalue weighted by atomic mass is 35.5. The molecule has 0 aliphatic heterocycles. The fourth-order valence-electron chi connectivity index (χ4n) is 3.34. The van der Waals surface area contributed by atoms with E-state index in [0.29, 0.717) is 5.69 Å². The van der Waals surface area contributed by atoms with Gasteiger partial charge in [0, 0.05) is 17.4 Å². The normalized spacial score (nSPS) is 11.6. The summed E-state index contributed by atoms with van der Waals surface area (Å²) >= 11 is 5.87. The van der Waals surface area contributed by atoms with Crippen LogP contribution in [0.25, 0.3) is 10.8 Å². The molecule has 154 valence electrons. The van der Waals surface area contributed by atoms with Gasteiger partial charge in [-0.05, 0) is 40.6 Å². The number of amides is 1. The summed E-state index contributed by atoms with van der Waals surface area (Å²) in [4.78, 5) is 23.7. The number of rotatable bonds is 6. The molecule has 0 heterocycles. The second kappa shape index (κ2) is 8.85. The number of nitro benzene ring substituents is 1. The molecule has 0 aliphatic rings. The van der Waals surface area contributed by atoms with Gasteiger partial charge in [-0.25, -0.2) is 0 Å². The van der Waals surface area contributed by atoms with Gasteiger partial charge in [-0.1, -0.05) is 72.3 Å². The summed E-state index contributed by atoms with van der Waals surface area (Å²) in [5.41, 5.74) is 1.57. The number of nitrogens with one attached hydrogen (secondary N) is 2. The molecule has 1 atom stereocenters. The van der Waals surface area contributed by atoms with E-state index in [1.165, 1.54) is 18.2 Å². The molecule has 0 saturated heterocycles. The molecular weight excluding hydrogens is 414 g/mol. The van der Waals surface area contributed by atoms with Gasteiger partial charge < -0.3 is 10.6 Å². The van der Waals surface area contributed by atoms with Crippen molar-refractivity contribution in [1.29, 1.82) is 0 Å². The Morgan fingerprint density at radius 3 is 2.26 bits per heavy atom. The van der Waals surface area contributed by atoms with Crippen LogP contribution in [-0.2, 0) is 4.79 Å². The molecule has 0 radical (unpaired) electrons. The average Bonchev–Trinajstić information content (AvgIpc) is 2.79. The summed E-state index contributed by atoms with van der Waals surface area (Å²) in [6.07, 6.45) is 0. The summed E-state index contributed by atoms with van der Waals surface area (Å²) in [6, 6.07) is 26.6. The van der Waals surface area contributed by atoms with Crippen molar-refractivity contribution in [3.63, 3.8) is 0 Å². The van der Waals surface area contributed by atoms with Crippen LogP contribution in [0.5, 0.6) is 0 Å². The van der Waals surface area contributed by atoms with Crippen LogP contribution in [0.4, 0.5) is 17.1 Å². The molecular formula is C24H18ClN3O3. The van der Waals surface area contributed by atoms with Gasteiger partial charge in [0.1, 0.15) is 11.1 Å². The fraction of sp³-hybridized carbons (Fsp3) is 0.0417. The van der Waals surface area contributed by atoms with E-state index < -0.39 is 11.0 Å². The van der Waals surface area contributed by atoms with Crippen LogP contribution in [0, 0.1) is 10.1 Å². The average molecular weight is 432 g/mol. The Labute approximate surface area is 183 Å². The van der Waals surface area contributed by atoms with E-state index in [4.69, 9.17) is 11.6 Å². The van der Waals surface area contributed by atoms with Crippen LogP contribution in [0.1, 0.15) is 11.6 Å². The Balaban J connectivity index is 1.64. The van der Waals surface area contributed by atoms with Crippen LogP contribution in [-0.4, -0.2) is 10.8 Å². The number of anilines is 2. The van der Waals surface area contributed by atoms with Gasteiger partial charge in [0.2, 0.25) is 0 Å². The first-order chi connectivity index (χ1) is 15.0. The lowest BCUT2D eigenvalue weighted by Gasteiger charge is -2.20. The minimum absolute atomic E-state index is 0.0110. The van der Waals surface area contributed by atoms with Gasteiger partial charge in [0.15, 0.2) is 0 Å². The molecule has 1 amide bonds. The van der Waals surface area contributed by atoms with Crippen LogP contribution in [0.15, 0.2) is 91.0 Å². The van der Waals surface area contributed by atoms with E-state index in [-0.39, 0.29) is 16.6 Å². The largest absolute Gasteiger partial charge is 0.370 e. The van der Waals surface area contributed by atoms with E-state index in [1.807, 2.05) is 72.8 Å². The molecule has 0 aliphatic carbocycles. The summed E-state index contributed by atoms with van der Waals surface area (Å²) in [5, 5.41) is 19.4. The predicted octanol–water partition coefficient (Wildman–Crippen LogP) is 6.19. The van der Waals surface area contributed by atoms with Crippen LogP contribution >= 0.6 is 11.6 Å². The van der Waals surface area contributed by atoms with Crippen LogP contribution in [0.2, 0.25) is 5.02 Å². The van der Waals surface area contributed by atoms with Crippen molar-refractivity contribution >= 4 is 45.3 Å². The molecule has 4 aromatic carbocycles. The monoisotopic (exact) mass is 431 g/mol. The zero-order valence-electron chi connectivity index (χ0n) is 16.3. The van der Waals surface area contributed by atoms with Gasteiger partial charge in [0.25, 0.3) is 11.6 Å². The van der Waals surface area contributed by atoms with E-state index in [9.17, 15) is 14.9 Å². The van der Waals surface area contributed by atoms with Crippen molar-refractivity contribution in [3.05, 3.63) is 112 Å². The minimum Gasteiger partial charge on any atom is -0.370 e. The van der Waals surface area contributed by atoms with E-state index in [0.717, 1.165) is 22.0 Å². The summed E-state index contributed by atoms with van der Waals surface area (Å²) in [6.45, 7) is 0. The molecule has 31 heavy (non-hydrogen) atoms. The quantitative estimate of drug-likeness (QED) is 0.281. The highest BCUT2D eigenvalue weighted by Gasteiger charge is 2.22. The maximum atomic E-state index is 13.2. The third kappa shape index (κ3) is 4.65. The number of nitrogens with zero attached hydrogens (tertiary/aromatic N) is 1. The van der Waals surface area contributed by atoms with Crippen LogP contribution in [0.3, 0.4) is 0 Å². The third-order valence-electron chi connectivity index (χ3n) is 4.87. The summed E-state index contributed by atoms with van der Waals surface area (Å²) in [5.74, 6) is -0.351. The maximum Gasteiger partial charge on any atom is 0.289 e. The first-order valence-corrected chi connectivity index (χ1v) is 9.94. The molecule has 7 heteroatoms. The molecule has 0 unspecified atom stereocenters. The molecule has 0 spiro atoms. The number of hydrogen-bond donors (Lipinski definition) is 2. The molecule has 0 fully saturated rings. The van der Waals surface area contributed by atoms with Crippen molar-refractivity contribution in [2.75, 3.05) is 10.6 Å². The molecule has 0 bridgehead atoms. The molecule has 6 nitrogen and oxygen atoms in total. The number of carbonyl (C=O) groups excluding carboxylic acids is 1. The predicted molar refractivity (Wildman–Crippen MR) is 123 cm³/mol. The number of carbonyl (C=O) groups is 1. The number of nitro groups is 1. The zero-order valence-corrected chi connectivity index (χ0v) is 17.0. The second-order valence-corrected chi connectivity index (χ2v) is 7.37. The molecule has 4 aromatic rings. The lowest BCUT2D eigenvalue weighted by Crippen LogP contribution is -2.27. The van der Waals surface area contributed by atoms with Crippen molar-refractivity contribution in [2.45, 2.75) is 6.04 Å². The van der Waals surface area contributed by atoms with Crippen molar-refractivity contribution in [2.24, 2.45) is 0 Å². The molecule has 0 aromatic heterocycles. The van der Waals surface area contributed by atoms with Crippen molar-refractivity contribution in [3.8, 4) is 0 Å². The number of halogens is 1. The number of hydrogen-bond acceptors (Lipinski definition) is 4. The lowest BCUT2D eigenvalue weighted by molar-refractivity contribution is -0.384. The second-order valence-electron chi connectivity index (χ2n) is 6.96. The molecule has 4 rings (SSSR count). The lowest BCUT2D eigenvalue weighted by atomic mass is 10.0. The Morgan fingerprint density at radius 2 is 1.52 bits per heavy atom. The maximum absolute atomic E-state index is 13.2. The highest BCUT2D eigenvalue weighted by molar-refractivity contribution is 6.32. The number of benzene rings is 4. The van der Waals surface area contributed by atoms with Crippen molar-refractivity contribution < 1.29 is 9.72 Å². The highest BCUT2D eigenvalue weighted by Crippen LogP contribution is 2.29. The smallest absolute Gasteiger partial charge is 0.289 e. The first-order valence-electron chi connectivity index (χ1n) is 9.56. The fourth-order valence-corrected chi connectivity index (χ4v) is 3.52. The van der Waals surface area contributed by atoms with E-state index in [2.05, 4.69) is 10.6 Å². The Kier molecular flexibility index (Phi) is 5.82. The Morgan fingerprint density at radius 1 is 0.839 bits per heavy atom. The van der Waals surface area contributed by atoms with E-state index >= 15 is 0 Å². The first kappa shape index (κ1) is 20.4. The molecule has 2 N–H and O–H groups in total. The summed E-state index contributed by atoms with van der Waals surface area (Å²) in [7, 11) is 0. The number of fused-ring (bicyclic) bond motifs is 1. The van der Waals surface area contributed by atoms with Gasteiger partial charge in [0.05, 0.1) is 4.92 Å². The van der Waals surface area contributed by atoms with Gasteiger partial charge in [-0.3, -0.25) is 14.9 Å². The van der Waals surface area contributed by atoms with E-state index in [1.54, 1.807) is 0 Å². The zero-order chi connectivity index (χ0) is 21.8. The van der Waals surface area contributed by atoms with Gasteiger partial charge >= 0.3 is 0 Å². The third-order valence-corrected chi connectivity index (χ3v) is 5.19. The topological polar surface area (TPSA) is 84.3 Å². The van der Waals surface area contributed by atoms with Crippen molar-refractivity contribution in [1.82, 2.24) is 0 Å².